The van der Waals surface area contributed by atoms with Gasteiger partial charge in [0.2, 0.25) is 0 Å². The molecule has 3 heteroatoms. The molecule has 2 N–H and O–H groups in total. The van der Waals surface area contributed by atoms with Crippen molar-refractivity contribution in [3.05, 3.63) is 0 Å². The Morgan fingerprint density at radius 1 is 0.824 bits per heavy atom. The minimum absolute atomic E-state index is 0.0799. The van der Waals surface area contributed by atoms with Gasteiger partial charge < -0.3 is 5.11 Å². The smallest absolute Gasteiger partial charge is 0.0819 e. The van der Waals surface area contributed by atoms with Crippen molar-refractivity contribution in [1.82, 2.24) is 0 Å². The van der Waals surface area contributed by atoms with Crippen LogP contribution in [0.1, 0.15) is 77.6 Å². The van der Waals surface area contributed by atoms with Gasteiger partial charge in [0.05, 0.1) is 12.7 Å². The lowest BCUT2D eigenvalue weighted by Crippen LogP contribution is -2.03. The summed E-state index contributed by atoms with van der Waals surface area (Å²) in [6.45, 7) is 2.51. The summed E-state index contributed by atoms with van der Waals surface area (Å²) < 4.78 is 0. The molecule has 104 valence electrons. The molecule has 0 aliphatic heterocycles. The lowest BCUT2D eigenvalue weighted by Gasteiger charge is -2.06. The van der Waals surface area contributed by atoms with Crippen LogP contribution in [0.3, 0.4) is 0 Å². The van der Waals surface area contributed by atoms with Gasteiger partial charge in [-0.3, -0.25) is 5.26 Å². The van der Waals surface area contributed by atoms with Crippen molar-refractivity contribution in [3.8, 4) is 0 Å². The van der Waals surface area contributed by atoms with Gasteiger partial charge in [0.1, 0.15) is 0 Å². The highest BCUT2D eigenvalue weighted by Crippen LogP contribution is 2.12. The lowest BCUT2D eigenvalue weighted by molar-refractivity contribution is -0.242. The fraction of sp³-hybridized carbons (Fsp3) is 1.00. The van der Waals surface area contributed by atoms with Gasteiger partial charge in [0, 0.05) is 0 Å². The molecule has 0 saturated heterocycles. The Morgan fingerprint density at radius 2 is 1.29 bits per heavy atom. The second kappa shape index (κ2) is 13.9. The largest absolute Gasteiger partial charge is 0.393 e. The van der Waals surface area contributed by atoms with Gasteiger partial charge in [-0.2, -0.15) is 0 Å². The highest BCUT2D eigenvalue weighted by Gasteiger charge is 1.99. The lowest BCUT2D eigenvalue weighted by atomic mass is 10.0. The molecule has 1 unspecified atom stereocenters. The highest BCUT2D eigenvalue weighted by atomic mass is 17.1. The van der Waals surface area contributed by atoms with Crippen molar-refractivity contribution in [3.63, 3.8) is 0 Å². The summed E-state index contributed by atoms with van der Waals surface area (Å²) in [6, 6.07) is 0. The molecule has 0 aromatic heterocycles. The van der Waals surface area contributed by atoms with Crippen LogP contribution in [0.15, 0.2) is 0 Å². The van der Waals surface area contributed by atoms with Crippen LogP contribution in [-0.4, -0.2) is 23.1 Å². The Bertz CT molecular complexity index is 139. The van der Waals surface area contributed by atoms with Gasteiger partial charge in [-0.05, 0) is 19.3 Å². The van der Waals surface area contributed by atoms with E-state index in [1.54, 1.807) is 0 Å². The van der Waals surface area contributed by atoms with Crippen molar-refractivity contribution in [1.29, 1.82) is 0 Å². The molecule has 3 nitrogen and oxygen atoms in total. The molecule has 0 aliphatic rings. The van der Waals surface area contributed by atoms with Gasteiger partial charge in [0.25, 0.3) is 0 Å². The van der Waals surface area contributed by atoms with Gasteiger partial charge in [-0.1, -0.05) is 58.3 Å². The average molecular weight is 246 g/mol. The van der Waals surface area contributed by atoms with E-state index in [0.29, 0.717) is 6.61 Å². The second-order valence-corrected chi connectivity index (χ2v) is 4.87. The van der Waals surface area contributed by atoms with E-state index in [1.807, 2.05) is 6.92 Å². The van der Waals surface area contributed by atoms with Gasteiger partial charge in [-0.15, -0.1) is 0 Å². The van der Waals surface area contributed by atoms with E-state index < -0.39 is 0 Å². The normalized spacial score (nSPS) is 12.9. The number of hydrogen-bond donors (Lipinski definition) is 2. The van der Waals surface area contributed by atoms with Crippen LogP contribution >= 0.6 is 0 Å². The van der Waals surface area contributed by atoms with Crippen LogP contribution in [0.2, 0.25) is 0 Å². The van der Waals surface area contributed by atoms with Crippen LogP contribution in [0.4, 0.5) is 0 Å². The van der Waals surface area contributed by atoms with Crippen molar-refractivity contribution in [2.75, 3.05) is 6.61 Å². The Kier molecular flexibility index (Phi) is 13.8. The number of unbranched alkanes of at least 4 members (excludes halogenated alkanes) is 8. The number of rotatable bonds is 13. The fourth-order valence-electron chi connectivity index (χ4n) is 1.99. The summed E-state index contributed by atoms with van der Waals surface area (Å²) in [4.78, 5) is 4.02. The predicted molar refractivity (Wildman–Crippen MR) is 71.0 cm³/mol. The van der Waals surface area contributed by atoms with Crippen molar-refractivity contribution < 1.29 is 15.3 Å². The predicted octanol–water partition coefficient (Wildman–Crippen LogP) is 4.15. The van der Waals surface area contributed by atoms with Gasteiger partial charge in [0.15, 0.2) is 0 Å². The van der Waals surface area contributed by atoms with Crippen LogP contribution in [0.25, 0.3) is 0 Å². The van der Waals surface area contributed by atoms with E-state index in [4.69, 9.17) is 5.26 Å². The fourth-order valence-corrected chi connectivity index (χ4v) is 1.99. The number of hydrogen-bond acceptors (Lipinski definition) is 3. The molecule has 0 aliphatic carbocycles. The van der Waals surface area contributed by atoms with Gasteiger partial charge in [-0.25, -0.2) is 4.89 Å². The van der Waals surface area contributed by atoms with E-state index >= 15 is 0 Å². The molecule has 0 amide bonds. The first-order chi connectivity index (χ1) is 8.31. The summed E-state index contributed by atoms with van der Waals surface area (Å²) in [7, 11) is 0. The van der Waals surface area contributed by atoms with Crippen molar-refractivity contribution in [2.45, 2.75) is 83.7 Å². The van der Waals surface area contributed by atoms with Crippen LogP contribution in [0.5, 0.6) is 0 Å². The Hall–Kier alpha value is -0.120. The molecule has 17 heavy (non-hydrogen) atoms. The summed E-state index contributed by atoms with van der Waals surface area (Å²) in [5, 5.41) is 17.5. The zero-order valence-electron chi connectivity index (χ0n) is 11.4. The third-order valence-corrected chi connectivity index (χ3v) is 3.24. The van der Waals surface area contributed by atoms with E-state index in [-0.39, 0.29) is 6.10 Å². The summed E-state index contributed by atoms with van der Waals surface area (Å²) in [6.07, 6.45) is 12.8. The molecule has 0 spiro atoms. The third-order valence-electron chi connectivity index (χ3n) is 3.24. The van der Waals surface area contributed by atoms with E-state index in [2.05, 4.69) is 4.89 Å². The summed E-state index contributed by atoms with van der Waals surface area (Å²) >= 11 is 0. The highest BCUT2D eigenvalue weighted by molar-refractivity contribution is 4.53. The third kappa shape index (κ3) is 13.8. The molecular weight excluding hydrogens is 216 g/mol. The first kappa shape index (κ1) is 16.9. The summed E-state index contributed by atoms with van der Waals surface area (Å²) in [5.41, 5.74) is 0. The number of aliphatic hydroxyl groups is 1. The van der Waals surface area contributed by atoms with Crippen molar-refractivity contribution >= 4 is 0 Å². The maximum absolute atomic E-state index is 9.37. The number of aliphatic hydroxyl groups excluding tert-OH is 1. The maximum atomic E-state index is 9.37. The van der Waals surface area contributed by atoms with Gasteiger partial charge >= 0.3 is 0 Å². The van der Waals surface area contributed by atoms with E-state index in [1.165, 1.54) is 44.9 Å². The first-order valence-corrected chi connectivity index (χ1v) is 7.25. The Morgan fingerprint density at radius 3 is 1.76 bits per heavy atom. The zero-order chi connectivity index (χ0) is 12.8. The Labute approximate surface area is 106 Å². The molecule has 0 aromatic rings. The SMILES string of the molecule is CCC(O)CCCCCCCCCCCOO. The standard InChI is InChI=1S/C14H30O3/c1-2-14(15)12-10-8-6-4-3-5-7-9-11-13-17-16/h14-16H,2-13H2,1H3. The zero-order valence-corrected chi connectivity index (χ0v) is 11.4. The quantitative estimate of drug-likeness (QED) is 0.291. The second-order valence-electron chi connectivity index (χ2n) is 4.87. The van der Waals surface area contributed by atoms with Crippen LogP contribution < -0.4 is 0 Å². The Balaban J connectivity index is 2.94. The molecule has 0 rings (SSSR count). The monoisotopic (exact) mass is 246 g/mol. The molecule has 0 aromatic carbocycles. The average Bonchev–Trinajstić information content (AvgIpc) is 2.35. The minimum atomic E-state index is -0.0799. The molecule has 1 atom stereocenters. The van der Waals surface area contributed by atoms with E-state index in [9.17, 15) is 5.11 Å². The molecular formula is C14H30O3. The van der Waals surface area contributed by atoms with Crippen LogP contribution in [-0.2, 0) is 4.89 Å². The molecule has 0 bridgehead atoms. The molecule has 0 fully saturated rings. The topological polar surface area (TPSA) is 49.7 Å². The summed E-state index contributed by atoms with van der Waals surface area (Å²) in [5.74, 6) is 0. The molecule has 0 saturated carbocycles. The van der Waals surface area contributed by atoms with E-state index in [0.717, 1.165) is 25.7 Å². The van der Waals surface area contributed by atoms with Crippen molar-refractivity contribution in [2.24, 2.45) is 0 Å². The van der Waals surface area contributed by atoms with Crippen LogP contribution in [0, 0.1) is 0 Å². The molecule has 0 heterocycles. The minimum Gasteiger partial charge on any atom is -0.393 e. The maximum Gasteiger partial charge on any atom is 0.0819 e. The first-order valence-electron chi connectivity index (χ1n) is 7.25. The molecule has 0 radical (unpaired) electrons.